The van der Waals surface area contributed by atoms with Crippen molar-refractivity contribution in [2.75, 3.05) is 7.11 Å². The van der Waals surface area contributed by atoms with Gasteiger partial charge in [-0.1, -0.05) is 41.9 Å². The number of hydrazone groups is 1. The van der Waals surface area contributed by atoms with Gasteiger partial charge in [0.1, 0.15) is 17.3 Å². The number of hydrogen-bond donors (Lipinski definition) is 2. The van der Waals surface area contributed by atoms with Crippen LogP contribution < -0.4 is 10.2 Å². The van der Waals surface area contributed by atoms with Crippen molar-refractivity contribution in [1.29, 1.82) is 0 Å². The lowest BCUT2D eigenvalue weighted by atomic mass is 10.1. The molecule has 138 valence electrons. The van der Waals surface area contributed by atoms with Crippen molar-refractivity contribution < 1.29 is 19.1 Å². The van der Waals surface area contributed by atoms with Gasteiger partial charge < -0.3 is 14.3 Å². The van der Waals surface area contributed by atoms with E-state index in [1.807, 2.05) is 6.07 Å². The summed E-state index contributed by atoms with van der Waals surface area (Å²) in [5, 5.41) is 14.3. The first-order chi connectivity index (χ1) is 13.1. The maximum atomic E-state index is 11.9. The largest absolute Gasteiger partial charge is 0.495 e. The fourth-order valence-corrected chi connectivity index (χ4v) is 2.66. The first-order valence-corrected chi connectivity index (χ1v) is 8.46. The van der Waals surface area contributed by atoms with E-state index < -0.39 is 12.0 Å². The van der Waals surface area contributed by atoms with Crippen LogP contribution in [0.2, 0.25) is 5.02 Å². The second kappa shape index (κ2) is 8.53. The number of furan rings is 1. The van der Waals surface area contributed by atoms with E-state index in [-0.39, 0.29) is 0 Å². The van der Waals surface area contributed by atoms with Crippen LogP contribution in [0.25, 0.3) is 11.3 Å². The van der Waals surface area contributed by atoms with Gasteiger partial charge in [-0.15, -0.1) is 0 Å². The van der Waals surface area contributed by atoms with Crippen LogP contribution in [0.1, 0.15) is 17.4 Å². The van der Waals surface area contributed by atoms with Gasteiger partial charge in [0.2, 0.25) is 0 Å². The van der Waals surface area contributed by atoms with Gasteiger partial charge in [0.25, 0.3) is 5.91 Å². The maximum absolute atomic E-state index is 11.9. The van der Waals surface area contributed by atoms with E-state index in [1.165, 1.54) is 6.21 Å². The zero-order chi connectivity index (χ0) is 19.2. The Bertz CT molecular complexity index is 954. The van der Waals surface area contributed by atoms with Crippen LogP contribution in [0, 0.1) is 0 Å². The molecule has 0 fully saturated rings. The van der Waals surface area contributed by atoms with Gasteiger partial charge in [-0.3, -0.25) is 4.79 Å². The number of rotatable bonds is 6. The van der Waals surface area contributed by atoms with Crippen molar-refractivity contribution in [2.45, 2.75) is 6.10 Å². The third-order valence-corrected chi connectivity index (χ3v) is 4.09. The molecule has 1 amide bonds. The van der Waals surface area contributed by atoms with Gasteiger partial charge >= 0.3 is 0 Å². The number of ether oxygens (including phenoxy) is 1. The zero-order valence-corrected chi connectivity index (χ0v) is 15.2. The summed E-state index contributed by atoms with van der Waals surface area (Å²) in [5.41, 5.74) is 3.55. The minimum absolute atomic E-state index is 0.437. The summed E-state index contributed by atoms with van der Waals surface area (Å²) in [6.07, 6.45) is 0.0569. The molecule has 0 aliphatic heterocycles. The summed E-state index contributed by atoms with van der Waals surface area (Å²) >= 11 is 6.12. The Balaban J connectivity index is 1.63. The van der Waals surface area contributed by atoms with E-state index in [4.69, 9.17) is 20.8 Å². The lowest BCUT2D eigenvalue weighted by Crippen LogP contribution is -2.25. The van der Waals surface area contributed by atoms with Crippen molar-refractivity contribution in [3.05, 3.63) is 77.0 Å². The van der Waals surface area contributed by atoms with Crippen LogP contribution in [0.5, 0.6) is 5.75 Å². The molecule has 0 aliphatic carbocycles. The highest BCUT2D eigenvalue weighted by molar-refractivity contribution is 6.32. The van der Waals surface area contributed by atoms with Crippen molar-refractivity contribution in [1.82, 2.24) is 5.43 Å². The molecular formula is C20H17ClN2O4. The average molecular weight is 385 g/mol. The second-order valence-corrected chi connectivity index (χ2v) is 6.01. The molecule has 0 radical (unpaired) electrons. The summed E-state index contributed by atoms with van der Waals surface area (Å²) in [6, 6.07) is 17.4. The number of nitrogens with zero attached hydrogens (tertiary/aromatic N) is 1. The Labute approximate surface area is 161 Å². The van der Waals surface area contributed by atoms with Gasteiger partial charge in [-0.2, -0.15) is 5.10 Å². The summed E-state index contributed by atoms with van der Waals surface area (Å²) in [6.45, 7) is 0. The Hall–Kier alpha value is -3.09. The highest BCUT2D eigenvalue weighted by atomic mass is 35.5. The Kier molecular flexibility index (Phi) is 5.90. The number of aliphatic hydroxyl groups excluding tert-OH is 1. The molecule has 0 aliphatic rings. The summed E-state index contributed by atoms with van der Waals surface area (Å²) in [5.74, 6) is 0.975. The van der Waals surface area contributed by atoms with Crippen LogP contribution in [0.4, 0.5) is 0 Å². The van der Waals surface area contributed by atoms with Crippen LogP contribution in [0.3, 0.4) is 0 Å². The molecule has 3 aromatic rings. The molecule has 0 bridgehead atoms. The first kappa shape index (κ1) is 18.7. The molecule has 1 atom stereocenters. The van der Waals surface area contributed by atoms with Crippen molar-refractivity contribution in [2.24, 2.45) is 5.10 Å². The lowest BCUT2D eigenvalue weighted by Gasteiger charge is -2.08. The minimum atomic E-state index is -1.29. The molecule has 2 N–H and O–H groups in total. The maximum Gasteiger partial charge on any atom is 0.273 e. The van der Waals surface area contributed by atoms with Gasteiger partial charge in [-0.25, -0.2) is 5.43 Å². The Morgan fingerprint density at radius 1 is 1.22 bits per heavy atom. The molecule has 1 heterocycles. The number of nitrogens with one attached hydrogen (secondary N) is 1. The quantitative estimate of drug-likeness (QED) is 0.500. The highest BCUT2D eigenvalue weighted by Crippen LogP contribution is 2.30. The number of benzene rings is 2. The van der Waals surface area contributed by atoms with Gasteiger partial charge in [0, 0.05) is 5.56 Å². The smallest absolute Gasteiger partial charge is 0.273 e. The number of aliphatic hydroxyl groups is 1. The van der Waals surface area contributed by atoms with Crippen molar-refractivity contribution >= 4 is 23.7 Å². The number of methoxy groups -OCH3 is 1. The summed E-state index contributed by atoms with van der Waals surface area (Å²) < 4.78 is 10.8. The molecular weight excluding hydrogens is 368 g/mol. The summed E-state index contributed by atoms with van der Waals surface area (Å²) in [4.78, 5) is 11.9. The van der Waals surface area contributed by atoms with E-state index in [1.54, 1.807) is 61.7 Å². The molecule has 0 spiro atoms. The number of carbonyl (C=O) groups excluding carboxylic acids is 1. The lowest BCUT2D eigenvalue weighted by molar-refractivity contribution is -0.129. The van der Waals surface area contributed by atoms with Gasteiger partial charge in [-0.05, 0) is 35.9 Å². The molecule has 0 saturated heterocycles. The van der Waals surface area contributed by atoms with E-state index in [9.17, 15) is 9.90 Å². The normalized spacial score (nSPS) is 12.1. The van der Waals surface area contributed by atoms with E-state index in [2.05, 4.69) is 10.5 Å². The topological polar surface area (TPSA) is 84.1 Å². The third-order valence-electron chi connectivity index (χ3n) is 3.79. The van der Waals surface area contributed by atoms with Crippen LogP contribution in [-0.4, -0.2) is 24.3 Å². The van der Waals surface area contributed by atoms with E-state index in [0.29, 0.717) is 27.9 Å². The van der Waals surface area contributed by atoms with Gasteiger partial charge in [0.05, 0.1) is 18.3 Å². The molecule has 6 nitrogen and oxygen atoms in total. The molecule has 1 aromatic heterocycles. The Morgan fingerprint density at radius 2 is 2.00 bits per heavy atom. The predicted molar refractivity (Wildman–Crippen MR) is 103 cm³/mol. The molecule has 7 heteroatoms. The zero-order valence-electron chi connectivity index (χ0n) is 14.4. The van der Waals surface area contributed by atoms with Crippen LogP contribution in [0.15, 0.2) is 70.2 Å². The minimum Gasteiger partial charge on any atom is -0.495 e. The second-order valence-electron chi connectivity index (χ2n) is 5.60. The number of hydrogen-bond acceptors (Lipinski definition) is 5. The third kappa shape index (κ3) is 4.55. The molecule has 27 heavy (non-hydrogen) atoms. The van der Waals surface area contributed by atoms with E-state index >= 15 is 0 Å². The fourth-order valence-electron chi connectivity index (χ4n) is 2.40. The monoisotopic (exact) mass is 384 g/mol. The predicted octanol–water partition coefficient (Wildman–Crippen LogP) is 3.79. The standard InChI is InChI=1S/C20H17ClN2O4/c1-26-18-9-7-14(11-16(18)21)17-10-8-15(27-17)12-22-23-20(25)19(24)13-5-3-2-4-6-13/h2-12,19,24H,1H3,(H,23,25)/t19-/m1/s1. The molecule has 0 saturated carbocycles. The van der Waals surface area contributed by atoms with Gasteiger partial charge in [0.15, 0.2) is 6.10 Å². The van der Waals surface area contributed by atoms with Crippen molar-refractivity contribution in [3.8, 4) is 17.1 Å². The van der Waals surface area contributed by atoms with Crippen molar-refractivity contribution in [3.63, 3.8) is 0 Å². The number of carbonyl (C=O) groups is 1. The molecule has 0 unspecified atom stereocenters. The number of amides is 1. The highest BCUT2D eigenvalue weighted by Gasteiger charge is 2.16. The number of halogens is 1. The fraction of sp³-hybridized carbons (Fsp3) is 0.100. The SMILES string of the molecule is COc1ccc(-c2ccc(C=NNC(=O)[C@H](O)c3ccccc3)o2)cc1Cl. The van der Waals surface area contributed by atoms with E-state index in [0.717, 1.165) is 5.56 Å². The molecule has 3 rings (SSSR count). The molecule has 2 aromatic carbocycles. The Morgan fingerprint density at radius 3 is 2.70 bits per heavy atom. The summed E-state index contributed by atoms with van der Waals surface area (Å²) in [7, 11) is 1.55. The average Bonchev–Trinajstić information content (AvgIpc) is 3.17. The van der Waals surface area contributed by atoms with Crippen LogP contribution in [-0.2, 0) is 4.79 Å². The van der Waals surface area contributed by atoms with Crippen LogP contribution >= 0.6 is 11.6 Å². The first-order valence-electron chi connectivity index (χ1n) is 8.08.